The minimum Gasteiger partial charge on any atom is -0.497 e. The summed E-state index contributed by atoms with van der Waals surface area (Å²) in [5, 5.41) is 19.1. The van der Waals surface area contributed by atoms with E-state index >= 15 is 0 Å². The number of nitrogens with zero attached hydrogens (tertiary/aromatic N) is 2. The van der Waals surface area contributed by atoms with Crippen LogP contribution in [-0.4, -0.2) is 20.3 Å². The third kappa shape index (κ3) is 2.15. The smallest absolute Gasteiger partial charge is 0.180 e. The van der Waals surface area contributed by atoms with Gasteiger partial charge in [-0.3, -0.25) is 0 Å². The first-order valence-corrected chi connectivity index (χ1v) is 6.37. The summed E-state index contributed by atoms with van der Waals surface area (Å²) in [5.41, 5.74) is -0.252. The predicted molar refractivity (Wildman–Crippen MR) is 73.9 cm³/mol. The molecule has 0 radical (unpaired) electrons. The van der Waals surface area contributed by atoms with Gasteiger partial charge in [0.15, 0.2) is 5.41 Å². The van der Waals surface area contributed by atoms with E-state index in [0.29, 0.717) is 6.42 Å². The van der Waals surface area contributed by atoms with E-state index in [2.05, 4.69) is 12.1 Å². The second-order valence-electron chi connectivity index (χ2n) is 4.74. The molecule has 102 valence electrons. The fraction of sp³-hybridized carbons (Fsp3) is 0.375. The van der Waals surface area contributed by atoms with Crippen molar-refractivity contribution in [3.63, 3.8) is 0 Å². The molecule has 20 heavy (non-hydrogen) atoms. The van der Waals surface area contributed by atoms with E-state index in [1.807, 2.05) is 30.3 Å². The van der Waals surface area contributed by atoms with Crippen molar-refractivity contribution in [2.45, 2.75) is 18.4 Å². The van der Waals surface area contributed by atoms with Gasteiger partial charge in [0.1, 0.15) is 11.9 Å². The maximum Gasteiger partial charge on any atom is 0.180 e. The molecule has 0 aromatic heterocycles. The van der Waals surface area contributed by atoms with Crippen LogP contribution in [0.1, 0.15) is 17.9 Å². The number of benzene rings is 1. The molecule has 0 amide bonds. The van der Waals surface area contributed by atoms with Crippen molar-refractivity contribution in [1.29, 1.82) is 10.5 Å². The first kappa shape index (κ1) is 14.1. The van der Waals surface area contributed by atoms with Gasteiger partial charge in [0.25, 0.3) is 0 Å². The number of methoxy groups -OCH3 is 2. The van der Waals surface area contributed by atoms with E-state index in [0.717, 1.165) is 11.3 Å². The number of rotatable bonds is 3. The molecule has 0 fully saturated rings. The van der Waals surface area contributed by atoms with Crippen LogP contribution in [0.4, 0.5) is 0 Å². The van der Waals surface area contributed by atoms with Gasteiger partial charge in [0, 0.05) is 13.0 Å². The summed E-state index contributed by atoms with van der Waals surface area (Å²) in [5.74, 6) is 0.543. The molecule has 2 unspecified atom stereocenters. The molecule has 1 aromatic rings. The Morgan fingerprint density at radius 3 is 2.30 bits per heavy atom. The van der Waals surface area contributed by atoms with Gasteiger partial charge in [0.2, 0.25) is 0 Å². The van der Waals surface area contributed by atoms with Crippen molar-refractivity contribution in [3.05, 3.63) is 42.0 Å². The van der Waals surface area contributed by atoms with E-state index in [4.69, 9.17) is 9.47 Å². The summed E-state index contributed by atoms with van der Waals surface area (Å²) in [6, 6.07) is 11.8. The standard InChI is InChI=1S/C16H16N2O2/c1-19-13-8-6-12(7-9-13)14-4-3-5-15(20-2)16(14,10-17)11-18/h3,5-9,14-15H,4H2,1-2H3. The molecule has 1 aliphatic rings. The van der Waals surface area contributed by atoms with Crippen molar-refractivity contribution < 1.29 is 9.47 Å². The zero-order valence-corrected chi connectivity index (χ0v) is 11.5. The quantitative estimate of drug-likeness (QED) is 0.791. The third-order valence-electron chi connectivity index (χ3n) is 3.82. The van der Waals surface area contributed by atoms with Crippen LogP contribution in [0.15, 0.2) is 36.4 Å². The number of hydrogen-bond acceptors (Lipinski definition) is 4. The Morgan fingerprint density at radius 2 is 1.80 bits per heavy atom. The third-order valence-corrected chi connectivity index (χ3v) is 3.82. The molecule has 1 aliphatic carbocycles. The Hall–Kier alpha value is -2.30. The zero-order chi connectivity index (χ0) is 14.6. The summed E-state index contributed by atoms with van der Waals surface area (Å²) < 4.78 is 10.5. The van der Waals surface area contributed by atoms with Crippen LogP contribution in [-0.2, 0) is 4.74 Å². The highest BCUT2D eigenvalue weighted by molar-refractivity contribution is 5.39. The molecule has 4 nitrogen and oxygen atoms in total. The van der Waals surface area contributed by atoms with Gasteiger partial charge in [-0.1, -0.05) is 24.3 Å². The highest BCUT2D eigenvalue weighted by atomic mass is 16.5. The van der Waals surface area contributed by atoms with E-state index in [1.165, 1.54) is 7.11 Å². The summed E-state index contributed by atoms with van der Waals surface area (Å²) in [6.45, 7) is 0. The average molecular weight is 268 g/mol. The highest BCUT2D eigenvalue weighted by Gasteiger charge is 2.48. The van der Waals surface area contributed by atoms with E-state index in [1.54, 1.807) is 13.2 Å². The lowest BCUT2D eigenvalue weighted by Gasteiger charge is -2.36. The van der Waals surface area contributed by atoms with Gasteiger partial charge in [-0.25, -0.2) is 0 Å². The summed E-state index contributed by atoms with van der Waals surface area (Å²) >= 11 is 0. The molecule has 4 heteroatoms. The summed E-state index contributed by atoms with van der Waals surface area (Å²) in [7, 11) is 3.13. The lowest BCUT2D eigenvalue weighted by Crippen LogP contribution is -2.40. The van der Waals surface area contributed by atoms with Gasteiger partial charge >= 0.3 is 0 Å². The molecular formula is C16H16N2O2. The van der Waals surface area contributed by atoms with Gasteiger partial charge in [0.05, 0.1) is 19.2 Å². The maximum atomic E-state index is 9.56. The Kier molecular flexibility index (Phi) is 4.08. The predicted octanol–water partition coefficient (Wildman–Crippen LogP) is 2.79. The lowest BCUT2D eigenvalue weighted by atomic mass is 9.66. The van der Waals surface area contributed by atoms with Crippen molar-refractivity contribution in [3.8, 4) is 17.9 Å². The molecule has 0 spiro atoms. The lowest BCUT2D eigenvalue weighted by molar-refractivity contribution is 0.0617. The van der Waals surface area contributed by atoms with Crippen molar-refractivity contribution >= 4 is 0 Å². The summed E-state index contributed by atoms with van der Waals surface area (Å²) in [6.07, 6.45) is 3.90. The molecule has 0 saturated carbocycles. The monoisotopic (exact) mass is 268 g/mol. The van der Waals surface area contributed by atoms with Crippen LogP contribution in [0, 0.1) is 28.1 Å². The number of nitriles is 2. The minimum atomic E-state index is -1.20. The average Bonchev–Trinajstić information content (AvgIpc) is 2.53. The number of hydrogen-bond donors (Lipinski definition) is 0. The second kappa shape index (κ2) is 5.77. The van der Waals surface area contributed by atoms with Crippen LogP contribution in [0.25, 0.3) is 0 Å². The van der Waals surface area contributed by atoms with Crippen molar-refractivity contribution in [2.24, 2.45) is 5.41 Å². The molecular weight excluding hydrogens is 252 g/mol. The SMILES string of the molecule is COc1ccc(C2CC=CC(OC)C2(C#N)C#N)cc1. The summed E-state index contributed by atoms with van der Waals surface area (Å²) in [4.78, 5) is 0. The molecule has 2 atom stereocenters. The van der Waals surface area contributed by atoms with Crippen LogP contribution >= 0.6 is 0 Å². The van der Waals surface area contributed by atoms with Gasteiger partial charge < -0.3 is 9.47 Å². The number of ether oxygens (including phenoxy) is 2. The Morgan fingerprint density at radius 1 is 1.15 bits per heavy atom. The fourth-order valence-corrected chi connectivity index (χ4v) is 2.68. The van der Waals surface area contributed by atoms with E-state index in [-0.39, 0.29) is 5.92 Å². The topological polar surface area (TPSA) is 66.0 Å². The van der Waals surface area contributed by atoms with Crippen LogP contribution in [0.5, 0.6) is 5.75 Å². The maximum absolute atomic E-state index is 9.56. The van der Waals surface area contributed by atoms with E-state index < -0.39 is 11.5 Å². The Labute approximate surface area is 118 Å². The van der Waals surface area contributed by atoms with E-state index in [9.17, 15) is 10.5 Å². The second-order valence-corrected chi connectivity index (χ2v) is 4.74. The molecule has 0 saturated heterocycles. The fourth-order valence-electron chi connectivity index (χ4n) is 2.68. The Bertz CT molecular complexity index is 564. The van der Waals surface area contributed by atoms with Crippen LogP contribution in [0.3, 0.4) is 0 Å². The number of allylic oxidation sites excluding steroid dienone is 1. The van der Waals surface area contributed by atoms with Gasteiger partial charge in [-0.05, 0) is 24.1 Å². The molecule has 0 bridgehead atoms. The van der Waals surface area contributed by atoms with Crippen LogP contribution in [0.2, 0.25) is 0 Å². The van der Waals surface area contributed by atoms with Crippen molar-refractivity contribution in [2.75, 3.05) is 14.2 Å². The van der Waals surface area contributed by atoms with Crippen molar-refractivity contribution in [1.82, 2.24) is 0 Å². The molecule has 1 aromatic carbocycles. The van der Waals surface area contributed by atoms with Gasteiger partial charge in [-0.2, -0.15) is 10.5 Å². The van der Waals surface area contributed by atoms with Crippen LogP contribution < -0.4 is 4.74 Å². The first-order chi connectivity index (χ1) is 9.71. The minimum absolute atomic E-state index is 0.210. The first-order valence-electron chi connectivity index (χ1n) is 6.37. The van der Waals surface area contributed by atoms with Gasteiger partial charge in [-0.15, -0.1) is 0 Å². The highest BCUT2D eigenvalue weighted by Crippen LogP contribution is 2.45. The largest absolute Gasteiger partial charge is 0.497 e. The zero-order valence-electron chi connectivity index (χ0n) is 11.5. The molecule has 0 heterocycles. The molecule has 0 N–H and O–H groups in total. The normalized spacial score (nSPS) is 23.6. The Balaban J connectivity index is 2.45. The molecule has 0 aliphatic heterocycles. The molecule has 2 rings (SSSR count).